The van der Waals surface area contributed by atoms with Crippen LogP contribution < -0.4 is 5.32 Å². The molecule has 1 atom stereocenters. The van der Waals surface area contributed by atoms with Crippen LogP contribution in [0.3, 0.4) is 0 Å². The van der Waals surface area contributed by atoms with Gasteiger partial charge in [-0.2, -0.15) is 4.31 Å². The fourth-order valence-corrected chi connectivity index (χ4v) is 4.37. The van der Waals surface area contributed by atoms with Crippen LogP contribution in [0.2, 0.25) is 0 Å². The van der Waals surface area contributed by atoms with Crippen molar-refractivity contribution in [2.75, 3.05) is 6.54 Å². The summed E-state index contributed by atoms with van der Waals surface area (Å²) in [4.78, 5) is 12.8. The minimum absolute atomic E-state index is 0.0192. The van der Waals surface area contributed by atoms with E-state index in [1.54, 1.807) is 12.1 Å². The first-order valence-electron chi connectivity index (χ1n) is 9.10. The lowest BCUT2D eigenvalue weighted by Gasteiger charge is -2.29. The highest BCUT2D eigenvalue weighted by atomic mass is 32.2. The van der Waals surface area contributed by atoms with Crippen molar-refractivity contribution in [1.82, 2.24) is 9.62 Å². The van der Waals surface area contributed by atoms with Gasteiger partial charge >= 0.3 is 0 Å². The third kappa shape index (κ3) is 6.10. The van der Waals surface area contributed by atoms with Gasteiger partial charge in [-0.05, 0) is 31.0 Å². The van der Waals surface area contributed by atoms with Crippen LogP contribution in [0.4, 0.5) is 4.39 Å². The van der Waals surface area contributed by atoms with Gasteiger partial charge < -0.3 is 5.32 Å². The second kappa shape index (κ2) is 10.1. The highest BCUT2D eigenvalue weighted by Gasteiger charge is 2.35. The number of carbonyl (C=O) groups excluding carboxylic acids is 1. The van der Waals surface area contributed by atoms with E-state index >= 15 is 0 Å². The first-order chi connectivity index (χ1) is 13.8. The molecule has 0 saturated heterocycles. The number of amides is 1. The number of halogens is 1. The van der Waals surface area contributed by atoms with Crippen molar-refractivity contribution in [1.29, 1.82) is 0 Å². The molecule has 29 heavy (non-hydrogen) atoms. The molecule has 0 spiro atoms. The van der Waals surface area contributed by atoms with Crippen molar-refractivity contribution in [2.24, 2.45) is 0 Å². The van der Waals surface area contributed by atoms with Crippen LogP contribution in [0.1, 0.15) is 17.5 Å². The molecular formula is C22H25FN2O3S. The van der Waals surface area contributed by atoms with Crippen LogP contribution >= 0.6 is 0 Å². The van der Waals surface area contributed by atoms with Gasteiger partial charge in [0.1, 0.15) is 11.9 Å². The molecular weight excluding hydrogens is 391 g/mol. The zero-order valence-electron chi connectivity index (χ0n) is 16.3. The Morgan fingerprint density at radius 2 is 1.79 bits per heavy atom. The predicted octanol–water partition coefficient (Wildman–Crippen LogP) is 3.73. The number of nitrogens with one attached hydrogen (secondary N) is 1. The Labute approximate surface area is 171 Å². The molecule has 2 rings (SSSR count). The highest BCUT2D eigenvalue weighted by molar-refractivity contribution is 7.89. The van der Waals surface area contributed by atoms with Gasteiger partial charge in [0.2, 0.25) is 15.9 Å². The molecule has 1 N–H and O–H groups in total. The summed E-state index contributed by atoms with van der Waals surface area (Å²) in [6.45, 7) is 8.23. The van der Waals surface area contributed by atoms with Crippen molar-refractivity contribution in [3.05, 3.63) is 90.8 Å². The van der Waals surface area contributed by atoms with E-state index < -0.39 is 34.3 Å². The van der Waals surface area contributed by atoms with Gasteiger partial charge in [0.25, 0.3) is 0 Å². The standard InChI is InChI=1S/C22H25FN2O3S/c1-4-8-21(22(26)24-15-19-9-6-5-7-10-19)25(16-18(3)23)29(27,28)20-13-11-17(2)12-14-20/h4-7,9-14,21H,1,3,8,15-16H2,2H3,(H,24,26). The molecule has 7 heteroatoms. The molecule has 5 nitrogen and oxygen atoms in total. The average Bonchev–Trinajstić information content (AvgIpc) is 2.69. The van der Waals surface area contributed by atoms with Gasteiger partial charge in [0.05, 0.1) is 11.4 Å². The van der Waals surface area contributed by atoms with Crippen LogP contribution in [0.5, 0.6) is 0 Å². The zero-order chi connectivity index (χ0) is 21.4. The second-order valence-corrected chi connectivity index (χ2v) is 8.51. The SMILES string of the molecule is C=CCC(C(=O)NCc1ccccc1)N(CC(=C)F)S(=O)(=O)c1ccc(C)cc1. The number of hydrogen-bond donors (Lipinski definition) is 1. The number of sulfonamides is 1. The van der Waals surface area contributed by atoms with Crippen LogP contribution in [0.15, 0.2) is 84.6 Å². The quantitative estimate of drug-likeness (QED) is 0.600. The summed E-state index contributed by atoms with van der Waals surface area (Å²) in [7, 11) is -4.14. The van der Waals surface area contributed by atoms with Gasteiger partial charge in [0.15, 0.2) is 0 Å². The van der Waals surface area contributed by atoms with E-state index in [2.05, 4.69) is 18.5 Å². The Balaban J connectivity index is 2.34. The first kappa shape index (κ1) is 22.5. The van der Waals surface area contributed by atoms with E-state index in [1.807, 2.05) is 37.3 Å². The third-order valence-electron chi connectivity index (χ3n) is 4.30. The summed E-state index contributed by atoms with van der Waals surface area (Å²) in [6, 6.07) is 14.2. The molecule has 0 aromatic heterocycles. The smallest absolute Gasteiger partial charge is 0.244 e. The van der Waals surface area contributed by atoms with Gasteiger partial charge in [-0.1, -0.05) is 60.7 Å². The van der Waals surface area contributed by atoms with E-state index in [0.717, 1.165) is 15.4 Å². The lowest BCUT2D eigenvalue weighted by atomic mass is 10.1. The highest BCUT2D eigenvalue weighted by Crippen LogP contribution is 2.22. The second-order valence-electron chi connectivity index (χ2n) is 6.62. The largest absolute Gasteiger partial charge is 0.351 e. The molecule has 0 aliphatic heterocycles. The summed E-state index contributed by atoms with van der Waals surface area (Å²) in [6.07, 6.45) is 1.46. The summed E-state index contributed by atoms with van der Waals surface area (Å²) < 4.78 is 40.9. The molecule has 2 aromatic rings. The minimum Gasteiger partial charge on any atom is -0.351 e. The molecule has 0 aliphatic carbocycles. The van der Waals surface area contributed by atoms with Gasteiger partial charge in [0, 0.05) is 6.54 Å². The molecule has 0 radical (unpaired) electrons. The monoisotopic (exact) mass is 416 g/mol. The summed E-state index contributed by atoms with van der Waals surface area (Å²) in [5, 5.41) is 2.73. The number of rotatable bonds is 10. The van der Waals surface area contributed by atoms with Crippen LogP contribution in [0, 0.1) is 6.92 Å². The van der Waals surface area contributed by atoms with E-state index in [1.165, 1.54) is 18.2 Å². The number of benzene rings is 2. The molecule has 0 fully saturated rings. The van der Waals surface area contributed by atoms with Crippen LogP contribution in [-0.4, -0.2) is 31.2 Å². The maximum absolute atomic E-state index is 13.7. The lowest BCUT2D eigenvalue weighted by Crippen LogP contribution is -2.49. The summed E-state index contributed by atoms with van der Waals surface area (Å²) in [5.41, 5.74) is 1.75. The maximum atomic E-state index is 13.7. The topological polar surface area (TPSA) is 66.5 Å². The van der Waals surface area contributed by atoms with Gasteiger partial charge in [-0.3, -0.25) is 4.79 Å². The Bertz CT molecular complexity index is 957. The Morgan fingerprint density at radius 1 is 1.17 bits per heavy atom. The van der Waals surface area contributed by atoms with Crippen LogP contribution in [0.25, 0.3) is 0 Å². The predicted molar refractivity (Wildman–Crippen MR) is 112 cm³/mol. The van der Waals surface area contributed by atoms with E-state index in [-0.39, 0.29) is 17.9 Å². The number of aryl methyl sites for hydroxylation is 1. The maximum Gasteiger partial charge on any atom is 0.244 e. The Kier molecular flexibility index (Phi) is 7.87. The molecule has 154 valence electrons. The third-order valence-corrected chi connectivity index (χ3v) is 6.17. The Hall–Kier alpha value is -2.77. The van der Waals surface area contributed by atoms with Crippen molar-refractivity contribution in [2.45, 2.75) is 30.8 Å². The van der Waals surface area contributed by atoms with Crippen LogP contribution in [-0.2, 0) is 21.4 Å². The van der Waals surface area contributed by atoms with Crippen molar-refractivity contribution in [3.8, 4) is 0 Å². The van der Waals surface area contributed by atoms with Gasteiger partial charge in [-0.15, -0.1) is 6.58 Å². The van der Waals surface area contributed by atoms with E-state index in [4.69, 9.17) is 0 Å². The number of hydrogen-bond acceptors (Lipinski definition) is 3. The molecule has 2 aromatic carbocycles. The number of carbonyl (C=O) groups is 1. The Morgan fingerprint density at radius 3 is 2.34 bits per heavy atom. The molecule has 0 aliphatic rings. The van der Waals surface area contributed by atoms with Crippen molar-refractivity contribution in [3.63, 3.8) is 0 Å². The fraction of sp³-hybridized carbons (Fsp3) is 0.227. The normalized spacial score (nSPS) is 12.4. The minimum atomic E-state index is -4.14. The molecule has 1 amide bonds. The van der Waals surface area contributed by atoms with E-state index in [0.29, 0.717) is 0 Å². The summed E-state index contributed by atoms with van der Waals surface area (Å²) >= 11 is 0. The lowest BCUT2D eigenvalue weighted by molar-refractivity contribution is -0.124. The first-order valence-corrected chi connectivity index (χ1v) is 10.5. The molecule has 0 saturated carbocycles. The molecule has 0 heterocycles. The van der Waals surface area contributed by atoms with Gasteiger partial charge in [-0.25, -0.2) is 12.8 Å². The van der Waals surface area contributed by atoms with Crippen molar-refractivity contribution < 1.29 is 17.6 Å². The molecule has 0 bridgehead atoms. The fourth-order valence-electron chi connectivity index (χ4n) is 2.79. The zero-order valence-corrected chi connectivity index (χ0v) is 17.2. The number of nitrogens with zero attached hydrogens (tertiary/aromatic N) is 1. The molecule has 1 unspecified atom stereocenters. The van der Waals surface area contributed by atoms with E-state index in [9.17, 15) is 17.6 Å². The average molecular weight is 417 g/mol. The summed E-state index contributed by atoms with van der Waals surface area (Å²) in [5.74, 6) is -1.39. The van der Waals surface area contributed by atoms with Crippen molar-refractivity contribution >= 4 is 15.9 Å².